The Hall–Kier alpha value is -3.00. The number of H-pyrrole nitrogens is 1. The summed E-state index contributed by atoms with van der Waals surface area (Å²) in [5.74, 6) is 0.418. The van der Waals surface area contributed by atoms with Crippen LogP contribution in [0.25, 0.3) is 0 Å². The molecule has 0 spiro atoms. The van der Waals surface area contributed by atoms with E-state index in [1.807, 2.05) is 61.5 Å². The van der Waals surface area contributed by atoms with Gasteiger partial charge >= 0.3 is 5.69 Å². The molecule has 1 saturated carbocycles. The Kier molecular flexibility index (Phi) is 5.71. The Bertz CT molecular complexity index is 1040. The summed E-state index contributed by atoms with van der Waals surface area (Å²) in [6.45, 7) is 2.40. The van der Waals surface area contributed by atoms with Gasteiger partial charge in [0.25, 0.3) is 0 Å². The molecular weight excluding hydrogens is 388 g/mol. The molecule has 1 amide bonds. The number of hydrogen-bond acceptors (Lipinski definition) is 5. The monoisotopic (exact) mass is 410 g/mol. The van der Waals surface area contributed by atoms with Crippen LogP contribution < -0.4 is 15.7 Å². The number of rotatable bonds is 8. The molecule has 2 aromatic carbocycles. The highest BCUT2D eigenvalue weighted by Gasteiger charge is 2.32. The van der Waals surface area contributed by atoms with Gasteiger partial charge in [0, 0.05) is 6.04 Å². The minimum absolute atomic E-state index is 0.168. The van der Waals surface area contributed by atoms with Gasteiger partial charge < -0.3 is 10.1 Å². The lowest BCUT2D eigenvalue weighted by molar-refractivity contribution is -0.115. The van der Waals surface area contributed by atoms with Crippen molar-refractivity contribution in [3.8, 4) is 5.75 Å². The molecule has 2 N–H and O–H groups in total. The molecular formula is C21H22N4O3S. The third kappa shape index (κ3) is 4.37. The predicted octanol–water partition coefficient (Wildman–Crippen LogP) is 3.78. The van der Waals surface area contributed by atoms with E-state index in [4.69, 9.17) is 4.74 Å². The third-order valence-corrected chi connectivity index (χ3v) is 5.81. The molecule has 0 saturated heterocycles. The molecule has 8 heteroatoms. The molecule has 7 nitrogen and oxygen atoms in total. The molecule has 4 rings (SSSR count). The maximum absolute atomic E-state index is 13.3. The summed E-state index contributed by atoms with van der Waals surface area (Å²) in [6.07, 6.45) is 1.91. The van der Waals surface area contributed by atoms with Crippen LogP contribution >= 0.6 is 11.8 Å². The fourth-order valence-electron chi connectivity index (χ4n) is 3.08. The molecule has 1 aromatic heterocycles. The average molecular weight is 410 g/mol. The molecule has 1 aliphatic carbocycles. The lowest BCUT2D eigenvalue weighted by Gasteiger charge is -2.18. The summed E-state index contributed by atoms with van der Waals surface area (Å²) in [5.41, 5.74) is 1.22. The zero-order chi connectivity index (χ0) is 20.2. The highest BCUT2D eigenvalue weighted by molar-refractivity contribution is 8.00. The Labute approximate surface area is 172 Å². The van der Waals surface area contributed by atoms with Crippen LogP contribution in [0.4, 0.5) is 5.69 Å². The minimum Gasteiger partial charge on any atom is -0.492 e. The van der Waals surface area contributed by atoms with Gasteiger partial charge in [-0.25, -0.2) is 9.89 Å². The lowest BCUT2D eigenvalue weighted by Crippen LogP contribution is -2.21. The highest BCUT2D eigenvalue weighted by Crippen LogP contribution is 2.40. The molecule has 29 heavy (non-hydrogen) atoms. The number of para-hydroxylation sites is 2. The van der Waals surface area contributed by atoms with Crippen molar-refractivity contribution in [2.75, 3.05) is 11.9 Å². The fourth-order valence-corrected chi connectivity index (χ4v) is 4.20. The zero-order valence-corrected chi connectivity index (χ0v) is 16.8. The second-order valence-corrected chi connectivity index (χ2v) is 7.81. The first-order chi connectivity index (χ1) is 14.2. The van der Waals surface area contributed by atoms with Crippen molar-refractivity contribution in [2.24, 2.45) is 0 Å². The number of aromatic amines is 1. The van der Waals surface area contributed by atoms with Crippen LogP contribution in [-0.4, -0.2) is 27.3 Å². The van der Waals surface area contributed by atoms with Crippen molar-refractivity contribution in [1.82, 2.24) is 14.8 Å². The maximum Gasteiger partial charge on any atom is 0.344 e. The van der Waals surface area contributed by atoms with E-state index in [1.54, 1.807) is 4.57 Å². The quantitative estimate of drug-likeness (QED) is 0.552. The first-order valence-electron chi connectivity index (χ1n) is 9.58. The van der Waals surface area contributed by atoms with Crippen LogP contribution in [-0.2, 0) is 4.79 Å². The van der Waals surface area contributed by atoms with Crippen molar-refractivity contribution >= 4 is 23.4 Å². The number of benzene rings is 2. The largest absolute Gasteiger partial charge is 0.492 e. The summed E-state index contributed by atoms with van der Waals surface area (Å²) in [5, 5.41) is 9.61. The Morgan fingerprint density at radius 1 is 1.24 bits per heavy atom. The number of anilines is 1. The molecule has 3 aromatic rings. The predicted molar refractivity (Wildman–Crippen MR) is 112 cm³/mol. The van der Waals surface area contributed by atoms with Crippen molar-refractivity contribution < 1.29 is 9.53 Å². The van der Waals surface area contributed by atoms with E-state index in [0.717, 1.165) is 18.4 Å². The second kappa shape index (κ2) is 8.57. The van der Waals surface area contributed by atoms with E-state index in [2.05, 4.69) is 15.5 Å². The van der Waals surface area contributed by atoms with Gasteiger partial charge in [-0.3, -0.25) is 9.36 Å². The number of nitrogens with one attached hydrogen (secondary N) is 2. The average Bonchev–Trinajstić information content (AvgIpc) is 3.51. The van der Waals surface area contributed by atoms with E-state index >= 15 is 0 Å². The minimum atomic E-state index is -0.571. The van der Waals surface area contributed by atoms with Gasteiger partial charge in [-0.1, -0.05) is 54.2 Å². The van der Waals surface area contributed by atoms with Crippen LogP contribution in [0.5, 0.6) is 5.75 Å². The molecule has 150 valence electrons. The van der Waals surface area contributed by atoms with Crippen LogP contribution in [0.1, 0.15) is 36.6 Å². The Morgan fingerprint density at radius 3 is 2.69 bits per heavy atom. The third-order valence-electron chi connectivity index (χ3n) is 4.59. The van der Waals surface area contributed by atoms with Gasteiger partial charge in [0.15, 0.2) is 5.16 Å². The molecule has 0 bridgehead atoms. The van der Waals surface area contributed by atoms with E-state index in [9.17, 15) is 9.59 Å². The maximum atomic E-state index is 13.3. The van der Waals surface area contributed by atoms with Gasteiger partial charge in [-0.05, 0) is 37.5 Å². The molecule has 1 atom stereocenters. The van der Waals surface area contributed by atoms with Gasteiger partial charge in [-0.2, -0.15) is 0 Å². The molecule has 0 radical (unpaired) electrons. The van der Waals surface area contributed by atoms with E-state index in [0.29, 0.717) is 23.2 Å². The summed E-state index contributed by atoms with van der Waals surface area (Å²) >= 11 is 1.27. The topological polar surface area (TPSA) is 89.0 Å². The second-order valence-electron chi connectivity index (χ2n) is 6.74. The molecule has 1 heterocycles. The van der Waals surface area contributed by atoms with Crippen molar-refractivity contribution in [2.45, 2.75) is 36.2 Å². The standard InChI is InChI=1S/C21H22N4O3S/c1-2-28-17-11-7-6-10-16(17)22-19(26)18(14-8-4-3-5-9-14)29-21-24-23-20(27)25(21)15-12-13-15/h3-11,15,18H,2,12-13H2,1H3,(H,22,26)(H,23,27)/t18-/m0/s1. The normalized spacial score (nSPS) is 14.4. The number of hydrogen-bond donors (Lipinski definition) is 2. The van der Waals surface area contributed by atoms with Gasteiger partial charge in [0.2, 0.25) is 5.91 Å². The fraction of sp³-hybridized carbons (Fsp3) is 0.286. The SMILES string of the molecule is CCOc1ccccc1NC(=O)[C@@H](Sc1n[nH]c(=O)n1C1CC1)c1ccccc1. The van der Waals surface area contributed by atoms with Crippen LogP contribution in [0, 0.1) is 0 Å². The molecule has 0 unspecified atom stereocenters. The molecule has 1 fully saturated rings. The lowest BCUT2D eigenvalue weighted by atomic mass is 10.1. The number of aromatic nitrogens is 3. The van der Waals surface area contributed by atoms with Crippen molar-refractivity contribution in [1.29, 1.82) is 0 Å². The molecule has 0 aliphatic heterocycles. The van der Waals surface area contributed by atoms with Crippen LogP contribution in [0.2, 0.25) is 0 Å². The summed E-state index contributed by atoms with van der Waals surface area (Å²) in [6, 6.07) is 17.0. The zero-order valence-electron chi connectivity index (χ0n) is 16.0. The number of amides is 1. The summed E-state index contributed by atoms with van der Waals surface area (Å²) in [7, 11) is 0. The van der Waals surface area contributed by atoms with Crippen LogP contribution in [0.15, 0.2) is 64.5 Å². The highest BCUT2D eigenvalue weighted by atomic mass is 32.2. The Balaban J connectivity index is 1.63. The summed E-state index contributed by atoms with van der Waals surface area (Å²) in [4.78, 5) is 25.4. The van der Waals surface area contributed by atoms with Gasteiger partial charge in [0.1, 0.15) is 11.0 Å². The first kappa shape index (κ1) is 19.3. The number of ether oxygens (including phenoxy) is 1. The van der Waals surface area contributed by atoms with Crippen molar-refractivity contribution in [3.63, 3.8) is 0 Å². The smallest absolute Gasteiger partial charge is 0.344 e. The number of thioether (sulfide) groups is 1. The summed E-state index contributed by atoms with van der Waals surface area (Å²) < 4.78 is 7.27. The van der Waals surface area contributed by atoms with E-state index < -0.39 is 5.25 Å². The van der Waals surface area contributed by atoms with E-state index in [1.165, 1.54) is 11.8 Å². The molecule has 1 aliphatic rings. The van der Waals surface area contributed by atoms with Crippen molar-refractivity contribution in [3.05, 3.63) is 70.6 Å². The number of nitrogens with zero attached hydrogens (tertiary/aromatic N) is 2. The first-order valence-corrected chi connectivity index (χ1v) is 10.5. The number of carbonyl (C=O) groups is 1. The van der Waals surface area contributed by atoms with Crippen LogP contribution in [0.3, 0.4) is 0 Å². The van der Waals surface area contributed by atoms with Gasteiger partial charge in [0.05, 0.1) is 12.3 Å². The van der Waals surface area contributed by atoms with Gasteiger partial charge in [-0.15, -0.1) is 5.10 Å². The Morgan fingerprint density at radius 2 is 1.97 bits per heavy atom. The van der Waals surface area contributed by atoms with E-state index in [-0.39, 0.29) is 17.6 Å². The number of carbonyl (C=O) groups excluding carboxylic acids is 1.